The van der Waals surface area contributed by atoms with E-state index in [0.29, 0.717) is 5.75 Å². The predicted molar refractivity (Wildman–Crippen MR) is 71.5 cm³/mol. The molecule has 0 saturated heterocycles. The number of ether oxygens (including phenoxy) is 1. The summed E-state index contributed by atoms with van der Waals surface area (Å²) in [6.07, 6.45) is 4.21. The molecule has 1 aliphatic rings. The quantitative estimate of drug-likeness (QED) is 0.467. The molecule has 3 heteroatoms. The van der Waals surface area contributed by atoms with Crippen LogP contribution in [0, 0.1) is 31.7 Å². The van der Waals surface area contributed by atoms with Crippen LogP contribution in [0.2, 0.25) is 0 Å². The molecule has 1 radical (unpaired) electrons. The largest absolute Gasteiger partial charge is 0.490 e. The van der Waals surface area contributed by atoms with Gasteiger partial charge in [0, 0.05) is 38.5 Å². The summed E-state index contributed by atoms with van der Waals surface area (Å²) in [7, 11) is 0. The standard InChI is InChI=1S/C16H21O2.Y/c1-11-4-7-14(8-5-11)16(17)18-15-9-6-12(2)13(3)10-15;/h9-11,14H,4-5,7-8H2,1-3H3;/q-1;. The molecule has 0 heterocycles. The van der Waals surface area contributed by atoms with Gasteiger partial charge in [0.2, 0.25) is 0 Å². The number of esters is 1. The Morgan fingerprint density at radius 3 is 2.47 bits per heavy atom. The fourth-order valence-electron chi connectivity index (χ4n) is 2.41. The molecule has 2 nitrogen and oxygen atoms in total. The van der Waals surface area contributed by atoms with E-state index >= 15 is 0 Å². The number of aryl methyl sites for hydroxylation is 2. The Kier molecular flexibility index (Phi) is 6.69. The molecule has 0 bridgehead atoms. The number of carbonyl (C=O) groups is 1. The third-order valence-corrected chi connectivity index (χ3v) is 3.95. The molecule has 1 aliphatic carbocycles. The molecule has 0 aliphatic heterocycles. The van der Waals surface area contributed by atoms with Gasteiger partial charge in [-0.25, -0.2) is 0 Å². The van der Waals surface area contributed by atoms with Gasteiger partial charge in [0.15, 0.2) is 0 Å². The Morgan fingerprint density at radius 1 is 1.26 bits per heavy atom. The van der Waals surface area contributed by atoms with Crippen LogP contribution < -0.4 is 4.74 Å². The molecule has 1 aromatic carbocycles. The van der Waals surface area contributed by atoms with E-state index in [1.54, 1.807) is 6.07 Å². The molecule has 0 atom stereocenters. The molecule has 0 amide bonds. The maximum Gasteiger partial charge on any atom is 0.302 e. The van der Waals surface area contributed by atoms with Crippen molar-refractivity contribution in [1.29, 1.82) is 0 Å². The monoisotopic (exact) mass is 334 g/mol. The first-order valence-electron chi connectivity index (χ1n) is 6.77. The number of benzene rings is 1. The first-order valence-corrected chi connectivity index (χ1v) is 6.77. The Morgan fingerprint density at radius 2 is 1.89 bits per heavy atom. The summed E-state index contributed by atoms with van der Waals surface area (Å²) in [4.78, 5) is 12.0. The predicted octanol–water partition coefficient (Wildman–Crippen LogP) is 3.83. The smallest absolute Gasteiger partial charge is 0.302 e. The van der Waals surface area contributed by atoms with Gasteiger partial charge in [0.05, 0.1) is 5.92 Å². The average Bonchev–Trinajstić information content (AvgIpc) is 2.34. The van der Waals surface area contributed by atoms with Crippen LogP contribution in [-0.4, -0.2) is 5.97 Å². The van der Waals surface area contributed by atoms with Gasteiger partial charge in [-0.2, -0.15) is 17.2 Å². The van der Waals surface area contributed by atoms with E-state index in [2.05, 4.69) is 13.0 Å². The Bertz CT molecular complexity index is 434. The molecular weight excluding hydrogens is 313 g/mol. The average molecular weight is 334 g/mol. The van der Waals surface area contributed by atoms with E-state index in [0.717, 1.165) is 42.7 Å². The van der Waals surface area contributed by atoms with Gasteiger partial charge in [0.1, 0.15) is 0 Å². The van der Waals surface area contributed by atoms with Crippen molar-refractivity contribution in [2.75, 3.05) is 0 Å². The van der Waals surface area contributed by atoms with E-state index in [1.165, 1.54) is 0 Å². The van der Waals surface area contributed by atoms with E-state index in [4.69, 9.17) is 4.74 Å². The van der Waals surface area contributed by atoms with Gasteiger partial charge < -0.3 is 4.74 Å². The summed E-state index contributed by atoms with van der Waals surface area (Å²) < 4.78 is 5.45. The molecule has 0 N–H and O–H groups in total. The summed E-state index contributed by atoms with van der Waals surface area (Å²) in [5.74, 6) is 1.40. The fourth-order valence-corrected chi connectivity index (χ4v) is 2.41. The van der Waals surface area contributed by atoms with Crippen LogP contribution in [0.15, 0.2) is 12.1 Å². The minimum atomic E-state index is -0.0708. The van der Waals surface area contributed by atoms with Crippen molar-refractivity contribution in [3.8, 4) is 5.75 Å². The first kappa shape index (κ1) is 16.8. The summed E-state index contributed by atoms with van der Waals surface area (Å²) in [5, 5.41) is 0. The molecule has 0 spiro atoms. The Labute approximate surface area is 141 Å². The van der Waals surface area contributed by atoms with Crippen molar-refractivity contribution in [1.82, 2.24) is 0 Å². The maximum atomic E-state index is 12.0. The first-order chi connectivity index (χ1) is 8.56. The Hall–Kier alpha value is -0.206. The van der Waals surface area contributed by atoms with Gasteiger partial charge in [-0.05, 0) is 31.6 Å². The summed E-state index contributed by atoms with van der Waals surface area (Å²) in [5.41, 5.74) is 2.21. The topological polar surface area (TPSA) is 26.3 Å². The fraction of sp³-hybridized carbons (Fsp3) is 0.562. The van der Waals surface area contributed by atoms with Gasteiger partial charge >= 0.3 is 5.97 Å². The molecule has 0 aromatic heterocycles. The number of hydrogen-bond acceptors (Lipinski definition) is 2. The molecule has 0 unspecified atom stereocenters. The van der Waals surface area contributed by atoms with Crippen molar-refractivity contribution < 1.29 is 42.2 Å². The third kappa shape index (κ3) is 4.68. The van der Waals surface area contributed by atoms with Gasteiger partial charge in [0.25, 0.3) is 0 Å². The van der Waals surface area contributed by atoms with Gasteiger partial charge in [-0.1, -0.05) is 20.8 Å². The van der Waals surface area contributed by atoms with E-state index in [1.807, 2.05) is 19.9 Å². The Balaban J connectivity index is 0.00000180. The summed E-state index contributed by atoms with van der Waals surface area (Å²) in [6.45, 7) is 6.26. The van der Waals surface area contributed by atoms with E-state index in [-0.39, 0.29) is 44.6 Å². The van der Waals surface area contributed by atoms with Crippen molar-refractivity contribution >= 4 is 5.97 Å². The maximum absolute atomic E-state index is 12.0. The molecule has 2 rings (SSSR count). The molecule has 101 valence electrons. The second-order valence-electron chi connectivity index (χ2n) is 5.52. The molecule has 1 saturated carbocycles. The van der Waals surface area contributed by atoms with Crippen LogP contribution in [0.1, 0.15) is 43.7 Å². The third-order valence-electron chi connectivity index (χ3n) is 3.95. The molecule has 19 heavy (non-hydrogen) atoms. The second kappa shape index (κ2) is 7.54. The zero-order valence-corrected chi connectivity index (χ0v) is 14.9. The number of carbonyl (C=O) groups excluding carboxylic acids is 1. The molecule has 1 fully saturated rings. The van der Waals surface area contributed by atoms with Gasteiger partial charge in [-0.3, -0.25) is 4.79 Å². The van der Waals surface area contributed by atoms with Crippen LogP contribution >= 0.6 is 0 Å². The van der Waals surface area contributed by atoms with Crippen molar-refractivity contribution in [3.63, 3.8) is 0 Å². The normalized spacial score (nSPS) is 22.5. The SMILES string of the molecule is Cc1[c-]cc(OC(=O)C2CCC(C)CC2)cc1C.[Y]. The van der Waals surface area contributed by atoms with E-state index in [9.17, 15) is 4.79 Å². The van der Waals surface area contributed by atoms with Crippen LogP contribution in [0.25, 0.3) is 0 Å². The van der Waals surface area contributed by atoms with Crippen molar-refractivity contribution in [2.24, 2.45) is 11.8 Å². The van der Waals surface area contributed by atoms with Crippen molar-refractivity contribution in [2.45, 2.75) is 46.5 Å². The van der Waals surface area contributed by atoms with Crippen LogP contribution in [0.3, 0.4) is 0 Å². The minimum Gasteiger partial charge on any atom is -0.490 e. The van der Waals surface area contributed by atoms with Crippen LogP contribution in [0.5, 0.6) is 5.75 Å². The second-order valence-corrected chi connectivity index (χ2v) is 5.52. The zero-order valence-electron chi connectivity index (χ0n) is 12.0. The minimum absolute atomic E-state index is 0. The number of hydrogen-bond donors (Lipinski definition) is 0. The van der Waals surface area contributed by atoms with Crippen LogP contribution in [-0.2, 0) is 37.5 Å². The van der Waals surface area contributed by atoms with E-state index < -0.39 is 0 Å². The molecule has 1 aromatic rings. The summed E-state index contributed by atoms with van der Waals surface area (Å²) >= 11 is 0. The number of rotatable bonds is 2. The van der Waals surface area contributed by atoms with Gasteiger partial charge in [-0.15, -0.1) is 12.1 Å². The van der Waals surface area contributed by atoms with Crippen LogP contribution in [0.4, 0.5) is 0 Å². The molecular formula is C16H21O2Y-. The van der Waals surface area contributed by atoms with Crippen molar-refractivity contribution in [3.05, 3.63) is 29.3 Å². The zero-order chi connectivity index (χ0) is 13.1. The summed E-state index contributed by atoms with van der Waals surface area (Å²) in [6, 6.07) is 6.77.